The van der Waals surface area contributed by atoms with Crippen molar-refractivity contribution in [3.05, 3.63) is 23.8 Å². The van der Waals surface area contributed by atoms with Crippen LogP contribution >= 0.6 is 0 Å². The van der Waals surface area contributed by atoms with Crippen LogP contribution in [0.3, 0.4) is 0 Å². The number of likely N-dealkylation sites (N-methyl/N-ethyl adjacent to an activating group) is 2. The van der Waals surface area contributed by atoms with Gasteiger partial charge in [0.1, 0.15) is 18.0 Å². The van der Waals surface area contributed by atoms with Crippen LogP contribution in [-0.2, 0) is 19.6 Å². The highest BCUT2D eigenvalue weighted by Gasteiger charge is 2.42. The summed E-state index contributed by atoms with van der Waals surface area (Å²) in [5.74, 6) is -0.0535. The van der Waals surface area contributed by atoms with Crippen molar-refractivity contribution < 1.29 is 22.7 Å². The van der Waals surface area contributed by atoms with E-state index in [1.165, 1.54) is 37.1 Å². The molecule has 1 aromatic carbocycles. The molecule has 12 heteroatoms. The van der Waals surface area contributed by atoms with Gasteiger partial charge in [-0.1, -0.05) is 13.3 Å². The number of ether oxygens (including phenoxy) is 1. The maximum absolute atomic E-state index is 13.4. The molecule has 2 unspecified atom stereocenters. The molecular weight excluding hydrogens is 472 g/mol. The van der Waals surface area contributed by atoms with Crippen molar-refractivity contribution in [2.75, 3.05) is 27.7 Å². The second-order valence-corrected chi connectivity index (χ2v) is 10.8. The summed E-state index contributed by atoms with van der Waals surface area (Å²) in [7, 11) is 0.461. The van der Waals surface area contributed by atoms with Crippen molar-refractivity contribution in [1.29, 1.82) is 0 Å². The molecule has 2 heterocycles. The molecule has 2 aliphatic heterocycles. The first-order valence-electron chi connectivity index (χ1n) is 11.6. The third-order valence-corrected chi connectivity index (χ3v) is 8.02. The van der Waals surface area contributed by atoms with Crippen LogP contribution in [0.2, 0.25) is 0 Å². The number of amides is 2. The van der Waals surface area contributed by atoms with E-state index in [4.69, 9.17) is 4.74 Å². The molecule has 192 valence electrons. The number of benzene rings is 1. The smallest absolute Gasteiger partial charge is 0.255 e. The third kappa shape index (κ3) is 5.03. The molecule has 3 rings (SSSR count). The summed E-state index contributed by atoms with van der Waals surface area (Å²) in [5, 5.41) is 9.14. The summed E-state index contributed by atoms with van der Waals surface area (Å²) >= 11 is 0. The predicted octanol–water partition coefficient (Wildman–Crippen LogP) is 1.25. The Labute approximate surface area is 206 Å². The van der Waals surface area contributed by atoms with E-state index in [9.17, 15) is 18.0 Å². The van der Waals surface area contributed by atoms with Crippen LogP contribution in [0.1, 0.15) is 46.1 Å². The third-order valence-electron chi connectivity index (χ3n) is 6.10. The molecule has 3 atom stereocenters. The Morgan fingerprint density at radius 2 is 1.94 bits per heavy atom. The van der Waals surface area contributed by atoms with Crippen molar-refractivity contribution in [1.82, 2.24) is 19.5 Å². The Hall–Kier alpha value is -2.99. The monoisotopic (exact) mass is 506 g/mol. The van der Waals surface area contributed by atoms with Crippen LogP contribution in [-0.4, -0.2) is 92.0 Å². The molecule has 35 heavy (non-hydrogen) atoms. The number of rotatable bonds is 9. The molecule has 0 spiro atoms. The Kier molecular flexibility index (Phi) is 7.85. The van der Waals surface area contributed by atoms with E-state index >= 15 is 0 Å². The van der Waals surface area contributed by atoms with E-state index in [2.05, 4.69) is 15.4 Å². The lowest BCUT2D eigenvalue weighted by Gasteiger charge is -2.31. The molecule has 0 saturated heterocycles. The average molecular weight is 507 g/mol. The Morgan fingerprint density at radius 1 is 1.26 bits per heavy atom. The molecule has 1 N–H and O–H groups in total. The van der Waals surface area contributed by atoms with E-state index in [1.54, 1.807) is 26.0 Å². The van der Waals surface area contributed by atoms with Crippen molar-refractivity contribution in [3.63, 3.8) is 0 Å². The van der Waals surface area contributed by atoms with Gasteiger partial charge in [0.2, 0.25) is 15.9 Å². The lowest BCUT2D eigenvalue weighted by atomic mass is 10.1. The number of carbonyl (C=O) groups is 2. The Balaban J connectivity index is 2.06. The van der Waals surface area contributed by atoms with Crippen molar-refractivity contribution >= 4 is 33.4 Å². The first-order chi connectivity index (χ1) is 16.4. The van der Waals surface area contributed by atoms with Gasteiger partial charge in [0.05, 0.1) is 17.1 Å². The summed E-state index contributed by atoms with van der Waals surface area (Å²) in [6.07, 6.45) is 1.33. The van der Waals surface area contributed by atoms with Crippen LogP contribution in [0.4, 0.5) is 0 Å². The first-order valence-corrected chi connectivity index (χ1v) is 13.1. The SMILES string of the molecule is CCCC1N=C(C)C2C(=O)NC(c3cc(S(=O)(=O)N(C)[C@H](C)C(=O)N(C)C)ccc3OCC)=NN12. The van der Waals surface area contributed by atoms with Gasteiger partial charge in [-0.25, -0.2) is 8.42 Å². The van der Waals surface area contributed by atoms with E-state index in [1.807, 2.05) is 13.8 Å². The fourth-order valence-electron chi connectivity index (χ4n) is 4.10. The minimum atomic E-state index is -4.04. The standard InChI is InChI=1S/C23H34N6O5S/c1-8-10-19-24-14(3)20-22(30)25-21(26-29(19)20)17-13-16(11-12-18(17)34-9-2)35(32,33)28(7)15(4)23(31)27(5)6/h11-13,15,19-20H,8-10H2,1-7H3,(H,25,26,30)/t15-,19?,20?/m1/s1. The summed E-state index contributed by atoms with van der Waals surface area (Å²) < 4.78 is 33.5. The zero-order valence-corrected chi connectivity index (χ0v) is 22.1. The van der Waals surface area contributed by atoms with Crippen molar-refractivity contribution in [3.8, 4) is 5.75 Å². The van der Waals surface area contributed by atoms with Gasteiger partial charge in [-0.15, -0.1) is 0 Å². The number of carbonyl (C=O) groups excluding carboxylic acids is 2. The number of hydrazone groups is 1. The molecule has 0 aromatic heterocycles. The molecule has 0 fully saturated rings. The zero-order valence-electron chi connectivity index (χ0n) is 21.3. The minimum Gasteiger partial charge on any atom is -0.493 e. The van der Waals surface area contributed by atoms with E-state index in [0.29, 0.717) is 23.6 Å². The summed E-state index contributed by atoms with van der Waals surface area (Å²) in [5.41, 5.74) is 1.02. The van der Waals surface area contributed by atoms with E-state index in [0.717, 1.165) is 17.1 Å². The Morgan fingerprint density at radius 3 is 2.54 bits per heavy atom. The van der Waals surface area contributed by atoms with Crippen LogP contribution < -0.4 is 10.1 Å². The fourth-order valence-corrected chi connectivity index (χ4v) is 5.45. The quantitative estimate of drug-likeness (QED) is 0.538. The average Bonchev–Trinajstić information content (AvgIpc) is 3.13. The molecule has 2 amide bonds. The fraction of sp³-hybridized carbons (Fsp3) is 0.565. The second kappa shape index (κ2) is 10.3. The highest BCUT2D eigenvalue weighted by atomic mass is 32.2. The molecule has 2 aliphatic rings. The predicted molar refractivity (Wildman–Crippen MR) is 133 cm³/mol. The number of hydrogen-bond donors (Lipinski definition) is 1. The number of nitrogens with zero attached hydrogens (tertiary/aromatic N) is 5. The van der Waals surface area contributed by atoms with E-state index < -0.39 is 22.1 Å². The topological polar surface area (TPSA) is 124 Å². The largest absolute Gasteiger partial charge is 0.493 e. The molecule has 0 saturated carbocycles. The lowest BCUT2D eigenvalue weighted by Crippen LogP contribution is -2.54. The summed E-state index contributed by atoms with van der Waals surface area (Å²) in [6, 6.07) is 2.87. The van der Waals surface area contributed by atoms with Crippen LogP contribution in [0.15, 0.2) is 33.2 Å². The number of hydrogen-bond acceptors (Lipinski definition) is 8. The number of aliphatic imine (C=N–C) groups is 1. The van der Waals surface area contributed by atoms with Crippen molar-refractivity contribution in [2.45, 2.75) is 63.7 Å². The second-order valence-electron chi connectivity index (χ2n) is 8.78. The lowest BCUT2D eigenvalue weighted by molar-refractivity contribution is -0.132. The number of sulfonamides is 1. The van der Waals surface area contributed by atoms with Crippen LogP contribution in [0.25, 0.3) is 0 Å². The highest BCUT2D eigenvalue weighted by Crippen LogP contribution is 2.30. The number of amidine groups is 1. The summed E-state index contributed by atoms with van der Waals surface area (Å²) in [6.45, 7) is 7.51. The van der Waals surface area contributed by atoms with Gasteiger partial charge in [0.25, 0.3) is 5.91 Å². The highest BCUT2D eigenvalue weighted by molar-refractivity contribution is 7.89. The Bertz CT molecular complexity index is 1160. The van der Waals surface area contributed by atoms with Gasteiger partial charge in [-0.05, 0) is 45.4 Å². The van der Waals surface area contributed by atoms with Crippen LogP contribution in [0, 0.1) is 0 Å². The molecule has 0 aliphatic carbocycles. The van der Waals surface area contributed by atoms with Gasteiger partial charge in [-0.3, -0.25) is 19.6 Å². The van der Waals surface area contributed by atoms with Gasteiger partial charge in [0.15, 0.2) is 11.9 Å². The van der Waals surface area contributed by atoms with Gasteiger partial charge in [-0.2, -0.15) is 9.41 Å². The molecule has 1 aromatic rings. The van der Waals surface area contributed by atoms with Crippen LogP contribution in [0.5, 0.6) is 5.75 Å². The minimum absolute atomic E-state index is 0.0464. The zero-order chi connectivity index (χ0) is 26.1. The molecule has 0 bridgehead atoms. The number of nitrogens with one attached hydrogen (secondary N) is 1. The first kappa shape index (κ1) is 26.6. The maximum Gasteiger partial charge on any atom is 0.255 e. The maximum atomic E-state index is 13.4. The molecule has 11 nitrogen and oxygen atoms in total. The normalized spacial score (nSPS) is 20.7. The molecule has 0 radical (unpaired) electrons. The summed E-state index contributed by atoms with van der Waals surface area (Å²) in [4.78, 5) is 31.3. The number of fused-ring (bicyclic) bond motifs is 1. The van der Waals surface area contributed by atoms with Gasteiger partial charge < -0.3 is 15.0 Å². The van der Waals surface area contributed by atoms with E-state index in [-0.39, 0.29) is 28.7 Å². The van der Waals surface area contributed by atoms with Gasteiger partial charge >= 0.3 is 0 Å². The van der Waals surface area contributed by atoms with Crippen molar-refractivity contribution in [2.24, 2.45) is 10.1 Å². The molecular formula is C23H34N6O5S. The van der Waals surface area contributed by atoms with Gasteiger partial charge in [0, 0.05) is 26.9 Å².